The molecule has 0 radical (unpaired) electrons. The third-order valence-corrected chi connectivity index (χ3v) is 7.58. The van der Waals surface area contributed by atoms with Crippen molar-refractivity contribution in [1.82, 2.24) is 15.1 Å². The van der Waals surface area contributed by atoms with Gasteiger partial charge in [0, 0.05) is 38.3 Å². The third-order valence-electron chi connectivity index (χ3n) is 7.58. The highest BCUT2D eigenvalue weighted by molar-refractivity contribution is 5.97. The molecule has 204 valence electrons. The summed E-state index contributed by atoms with van der Waals surface area (Å²) in [6.45, 7) is 3.47. The van der Waals surface area contributed by atoms with Crippen LogP contribution in [0.3, 0.4) is 0 Å². The van der Waals surface area contributed by atoms with Crippen LogP contribution in [0.25, 0.3) is 0 Å². The number of aliphatic hydroxyl groups excluding tert-OH is 1. The van der Waals surface area contributed by atoms with Crippen LogP contribution < -0.4 is 14.8 Å². The molecule has 1 aliphatic carbocycles. The van der Waals surface area contributed by atoms with E-state index in [2.05, 4.69) is 34.5 Å². The summed E-state index contributed by atoms with van der Waals surface area (Å²) in [5.41, 5.74) is 3.25. The van der Waals surface area contributed by atoms with E-state index in [9.17, 15) is 9.90 Å². The number of ether oxygens (including phenoxy) is 2. The van der Waals surface area contributed by atoms with Gasteiger partial charge < -0.3 is 24.8 Å². The van der Waals surface area contributed by atoms with E-state index < -0.39 is 6.10 Å². The number of carbonyl (C=O) groups excluding carboxylic acids is 1. The van der Waals surface area contributed by atoms with Crippen LogP contribution in [0.2, 0.25) is 0 Å². The first-order chi connectivity index (χ1) is 17.1. The number of benzene rings is 2. The zero-order valence-electron chi connectivity index (χ0n) is 21.4. The summed E-state index contributed by atoms with van der Waals surface area (Å²) in [6.07, 6.45) is 4.86. The van der Waals surface area contributed by atoms with Crippen molar-refractivity contribution >= 4 is 30.7 Å². The fourth-order valence-electron chi connectivity index (χ4n) is 5.57. The van der Waals surface area contributed by atoms with Crippen molar-refractivity contribution in [3.8, 4) is 11.5 Å². The lowest BCUT2D eigenvalue weighted by Gasteiger charge is -2.32. The van der Waals surface area contributed by atoms with Crippen LogP contribution in [0.1, 0.15) is 47.2 Å². The van der Waals surface area contributed by atoms with Gasteiger partial charge in [-0.25, -0.2) is 0 Å². The molecular formula is C28H39Cl2N3O4. The first-order valence-electron chi connectivity index (χ1n) is 13.0. The summed E-state index contributed by atoms with van der Waals surface area (Å²) >= 11 is 0. The van der Waals surface area contributed by atoms with Gasteiger partial charge in [0.25, 0.3) is 5.91 Å². The number of hydrogen-bond acceptors (Lipinski definition) is 6. The maximum Gasteiger partial charge on any atom is 0.257 e. The monoisotopic (exact) mass is 551 g/mol. The second-order valence-corrected chi connectivity index (χ2v) is 10.0. The number of fused-ring (bicyclic) bond motifs is 2. The molecule has 3 aliphatic rings. The van der Waals surface area contributed by atoms with E-state index in [0.29, 0.717) is 43.6 Å². The minimum atomic E-state index is -0.610. The van der Waals surface area contributed by atoms with Crippen LogP contribution in [0.15, 0.2) is 42.5 Å². The van der Waals surface area contributed by atoms with Crippen molar-refractivity contribution in [1.29, 1.82) is 0 Å². The number of halogens is 2. The standard InChI is InChI=1S/C28H37N3O4.2ClH/c1-29-22-6-8-24(9-7-22)35-25-10-11-26-27(16-25)34-15-14-31(28(26)33)19-23(32)18-30-13-12-20-4-2-3-5-21(20)17-30;;/h2-5,10-11,16,22-24,29,32H,6-9,12-15,17-19H2,1H3;2*1H. The number of carbonyl (C=O) groups is 1. The maximum atomic E-state index is 13.3. The van der Waals surface area contributed by atoms with Gasteiger partial charge >= 0.3 is 0 Å². The Morgan fingerprint density at radius 1 is 1.05 bits per heavy atom. The highest BCUT2D eigenvalue weighted by Crippen LogP contribution is 2.31. The molecule has 0 saturated heterocycles. The molecule has 37 heavy (non-hydrogen) atoms. The van der Waals surface area contributed by atoms with Gasteiger partial charge in [0.05, 0.1) is 24.3 Å². The molecule has 2 N–H and O–H groups in total. The Bertz CT molecular complexity index is 1030. The fourth-order valence-corrected chi connectivity index (χ4v) is 5.57. The molecule has 2 heterocycles. The number of nitrogens with one attached hydrogen (secondary N) is 1. The minimum absolute atomic E-state index is 0. The normalized spacial score (nSPS) is 22.3. The van der Waals surface area contributed by atoms with E-state index in [1.54, 1.807) is 11.0 Å². The third kappa shape index (κ3) is 7.30. The Kier molecular flexibility index (Phi) is 10.9. The van der Waals surface area contributed by atoms with E-state index in [1.807, 2.05) is 19.2 Å². The summed E-state index contributed by atoms with van der Waals surface area (Å²) in [4.78, 5) is 17.3. The first-order valence-corrected chi connectivity index (χ1v) is 13.0. The molecule has 2 aromatic rings. The molecule has 1 amide bonds. The van der Waals surface area contributed by atoms with E-state index in [-0.39, 0.29) is 36.8 Å². The van der Waals surface area contributed by atoms with Gasteiger partial charge in [-0.05, 0) is 62.4 Å². The molecule has 7 nitrogen and oxygen atoms in total. The second kappa shape index (κ2) is 13.7. The van der Waals surface area contributed by atoms with Crippen LogP contribution in [0.4, 0.5) is 0 Å². The number of rotatable bonds is 7. The Balaban J connectivity index is 0.00000190. The largest absolute Gasteiger partial charge is 0.491 e. The van der Waals surface area contributed by atoms with E-state index >= 15 is 0 Å². The Morgan fingerprint density at radius 2 is 1.81 bits per heavy atom. The van der Waals surface area contributed by atoms with Gasteiger partial charge in [0.15, 0.2) is 0 Å². The van der Waals surface area contributed by atoms with Crippen molar-refractivity contribution in [2.75, 3.05) is 39.8 Å². The molecule has 0 aromatic heterocycles. The fraction of sp³-hybridized carbons (Fsp3) is 0.536. The zero-order valence-corrected chi connectivity index (χ0v) is 23.1. The lowest BCUT2D eigenvalue weighted by atomic mass is 9.93. The molecule has 0 bridgehead atoms. The molecule has 1 unspecified atom stereocenters. The predicted octanol–water partition coefficient (Wildman–Crippen LogP) is 3.69. The Hall–Kier alpha value is -2.03. The number of amides is 1. The Labute approximate surface area is 232 Å². The van der Waals surface area contributed by atoms with Gasteiger partial charge in [0.1, 0.15) is 18.1 Å². The number of β-amino-alcohol motifs (C(OH)–C–C–N with tert-alkyl or cyclic N) is 1. The van der Waals surface area contributed by atoms with Crippen molar-refractivity contribution in [2.24, 2.45) is 0 Å². The molecule has 5 rings (SSSR count). The van der Waals surface area contributed by atoms with Crippen molar-refractivity contribution in [3.05, 3.63) is 59.2 Å². The van der Waals surface area contributed by atoms with Gasteiger partial charge in [-0.15, -0.1) is 24.8 Å². The smallest absolute Gasteiger partial charge is 0.257 e. The van der Waals surface area contributed by atoms with Crippen LogP contribution in [0.5, 0.6) is 11.5 Å². The lowest BCUT2D eigenvalue weighted by Crippen LogP contribution is -2.44. The summed E-state index contributed by atoms with van der Waals surface area (Å²) < 4.78 is 12.2. The summed E-state index contributed by atoms with van der Waals surface area (Å²) in [7, 11) is 2.02. The molecule has 1 saturated carbocycles. The average molecular weight is 553 g/mol. The topological polar surface area (TPSA) is 74.3 Å². The van der Waals surface area contributed by atoms with Crippen molar-refractivity contribution in [2.45, 2.75) is 56.9 Å². The second-order valence-electron chi connectivity index (χ2n) is 10.0. The molecule has 1 fully saturated rings. The molecule has 1 atom stereocenters. The highest BCUT2D eigenvalue weighted by atomic mass is 35.5. The summed E-state index contributed by atoms with van der Waals surface area (Å²) in [6, 6.07) is 14.6. The van der Waals surface area contributed by atoms with E-state index in [4.69, 9.17) is 9.47 Å². The molecule has 2 aliphatic heterocycles. The molecule has 0 spiro atoms. The Morgan fingerprint density at radius 3 is 2.57 bits per heavy atom. The van der Waals surface area contributed by atoms with Crippen molar-refractivity contribution in [3.63, 3.8) is 0 Å². The van der Waals surface area contributed by atoms with Gasteiger partial charge in [-0.3, -0.25) is 9.69 Å². The lowest BCUT2D eigenvalue weighted by molar-refractivity contribution is 0.0501. The molecule has 9 heteroatoms. The van der Waals surface area contributed by atoms with Crippen LogP contribution in [-0.4, -0.2) is 78.9 Å². The zero-order chi connectivity index (χ0) is 24.2. The SMILES string of the molecule is CNC1CCC(Oc2ccc3c(c2)OCCN(CC(O)CN2CCc4ccccc4C2)C3=O)CC1.Cl.Cl. The van der Waals surface area contributed by atoms with Gasteiger partial charge in [-0.2, -0.15) is 0 Å². The number of aliphatic hydroxyl groups is 1. The van der Waals surface area contributed by atoms with Gasteiger partial charge in [0.2, 0.25) is 0 Å². The maximum absolute atomic E-state index is 13.3. The van der Waals surface area contributed by atoms with E-state index in [1.165, 1.54) is 11.1 Å². The van der Waals surface area contributed by atoms with Crippen LogP contribution in [0, 0.1) is 0 Å². The first kappa shape index (κ1) is 29.5. The molecule has 2 aromatic carbocycles. The summed E-state index contributed by atoms with van der Waals surface area (Å²) in [5, 5.41) is 14.2. The van der Waals surface area contributed by atoms with Crippen LogP contribution in [-0.2, 0) is 13.0 Å². The molecular weight excluding hydrogens is 513 g/mol. The van der Waals surface area contributed by atoms with Crippen LogP contribution >= 0.6 is 24.8 Å². The van der Waals surface area contributed by atoms with Crippen molar-refractivity contribution < 1.29 is 19.4 Å². The number of nitrogens with zero attached hydrogens (tertiary/aromatic N) is 2. The quantitative estimate of drug-likeness (QED) is 0.546. The predicted molar refractivity (Wildman–Crippen MR) is 149 cm³/mol. The average Bonchev–Trinajstić information content (AvgIpc) is 3.02. The highest BCUT2D eigenvalue weighted by Gasteiger charge is 2.28. The number of hydrogen-bond donors (Lipinski definition) is 2. The van der Waals surface area contributed by atoms with E-state index in [0.717, 1.165) is 50.9 Å². The summed E-state index contributed by atoms with van der Waals surface area (Å²) in [5.74, 6) is 1.23. The minimum Gasteiger partial charge on any atom is -0.491 e. The van der Waals surface area contributed by atoms with Gasteiger partial charge in [-0.1, -0.05) is 24.3 Å².